The molecule has 0 spiro atoms. The van der Waals surface area contributed by atoms with Gasteiger partial charge in [0, 0.05) is 12.6 Å². The van der Waals surface area contributed by atoms with Crippen molar-refractivity contribution in [3.8, 4) is 0 Å². The minimum Gasteiger partial charge on any atom is -0.370 e. The molecule has 16 heavy (non-hydrogen) atoms. The van der Waals surface area contributed by atoms with Crippen LogP contribution in [0.15, 0.2) is 4.99 Å². The standard InChI is InChI=1S/C13H25N3/c1-10-5-7-13(2,8-6-10)9-15-12(14)16-11-3-4-11/h10-11H,3-9H2,1-2H3,(H3,14,15,16). The Kier molecular flexibility index (Phi) is 3.41. The quantitative estimate of drug-likeness (QED) is 0.569. The fourth-order valence-corrected chi connectivity index (χ4v) is 2.38. The third-order valence-corrected chi connectivity index (χ3v) is 4.04. The van der Waals surface area contributed by atoms with Crippen LogP contribution in [-0.4, -0.2) is 18.5 Å². The molecule has 2 rings (SSSR count). The van der Waals surface area contributed by atoms with E-state index in [1.807, 2.05) is 0 Å². The van der Waals surface area contributed by atoms with E-state index < -0.39 is 0 Å². The predicted octanol–water partition coefficient (Wildman–Crippen LogP) is 2.27. The van der Waals surface area contributed by atoms with E-state index in [0.717, 1.165) is 12.5 Å². The topological polar surface area (TPSA) is 50.4 Å². The van der Waals surface area contributed by atoms with Crippen molar-refractivity contribution in [1.29, 1.82) is 0 Å². The van der Waals surface area contributed by atoms with Crippen molar-refractivity contribution >= 4 is 5.96 Å². The average Bonchev–Trinajstić information content (AvgIpc) is 3.04. The summed E-state index contributed by atoms with van der Waals surface area (Å²) in [4.78, 5) is 4.51. The second-order valence-electron chi connectivity index (χ2n) is 6.11. The number of nitrogens with zero attached hydrogens (tertiary/aromatic N) is 1. The van der Waals surface area contributed by atoms with E-state index in [-0.39, 0.29) is 0 Å². The SMILES string of the molecule is CC1CCC(C)(CN=C(N)NC2CC2)CC1. The van der Waals surface area contributed by atoms with Gasteiger partial charge in [-0.2, -0.15) is 0 Å². The van der Waals surface area contributed by atoms with Crippen molar-refractivity contribution in [2.45, 2.75) is 58.4 Å². The molecule has 0 aromatic heterocycles. The Labute approximate surface area is 98.9 Å². The molecule has 0 saturated heterocycles. The van der Waals surface area contributed by atoms with Gasteiger partial charge >= 0.3 is 0 Å². The second kappa shape index (κ2) is 4.64. The molecule has 0 aromatic rings. The van der Waals surface area contributed by atoms with E-state index in [9.17, 15) is 0 Å². The zero-order valence-electron chi connectivity index (χ0n) is 10.6. The average molecular weight is 223 g/mol. The van der Waals surface area contributed by atoms with Gasteiger partial charge in [0.1, 0.15) is 0 Å². The maximum atomic E-state index is 5.86. The highest BCUT2D eigenvalue weighted by Crippen LogP contribution is 2.38. The Morgan fingerprint density at radius 1 is 1.31 bits per heavy atom. The molecule has 2 saturated carbocycles. The number of nitrogens with two attached hydrogens (primary N) is 1. The Morgan fingerprint density at radius 2 is 1.94 bits per heavy atom. The Balaban J connectivity index is 1.78. The second-order valence-corrected chi connectivity index (χ2v) is 6.11. The number of rotatable bonds is 3. The fourth-order valence-electron chi connectivity index (χ4n) is 2.38. The van der Waals surface area contributed by atoms with Gasteiger partial charge in [0.05, 0.1) is 0 Å². The molecule has 0 heterocycles. The molecule has 3 N–H and O–H groups in total. The first kappa shape index (κ1) is 11.7. The summed E-state index contributed by atoms with van der Waals surface area (Å²) in [5.74, 6) is 1.56. The molecule has 3 heteroatoms. The highest BCUT2D eigenvalue weighted by atomic mass is 15.1. The first-order valence-electron chi connectivity index (χ1n) is 6.64. The van der Waals surface area contributed by atoms with E-state index in [1.54, 1.807) is 0 Å². The van der Waals surface area contributed by atoms with Crippen LogP contribution in [0.4, 0.5) is 0 Å². The Hall–Kier alpha value is -0.730. The maximum Gasteiger partial charge on any atom is 0.188 e. The lowest BCUT2D eigenvalue weighted by molar-refractivity contribution is 0.187. The van der Waals surface area contributed by atoms with Gasteiger partial charge in [0.25, 0.3) is 0 Å². The lowest BCUT2D eigenvalue weighted by Crippen LogP contribution is -2.35. The van der Waals surface area contributed by atoms with Gasteiger partial charge in [-0.15, -0.1) is 0 Å². The molecule has 2 fully saturated rings. The van der Waals surface area contributed by atoms with E-state index in [4.69, 9.17) is 5.73 Å². The molecule has 0 aromatic carbocycles. The third-order valence-electron chi connectivity index (χ3n) is 4.04. The van der Waals surface area contributed by atoms with Gasteiger partial charge in [-0.3, -0.25) is 4.99 Å². The van der Waals surface area contributed by atoms with Crippen LogP contribution >= 0.6 is 0 Å². The van der Waals surface area contributed by atoms with Crippen LogP contribution < -0.4 is 11.1 Å². The van der Waals surface area contributed by atoms with E-state index in [2.05, 4.69) is 24.2 Å². The summed E-state index contributed by atoms with van der Waals surface area (Å²) in [7, 11) is 0. The van der Waals surface area contributed by atoms with Crippen LogP contribution in [0.2, 0.25) is 0 Å². The van der Waals surface area contributed by atoms with Gasteiger partial charge in [-0.1, -0.05) is 26.7 Å². The molecule has 2 aliphatic carbocycles. The summed E-state index contributed by atoms with van der Waals surface area (Å²) in [6, 6.07) is 0.614. The first-order valence-corrected chi connectivity index (χ1v) is 6.64. The number of hydrogen-bond donors (Lipinski definition) is 2. The van der Waals surface area contributed by atoms with Crippen molar-refractivity contribution in [2.24, 2.45) is 22.1 Å². The molecular formula is C13H25N3. The Morgan fingerprint density at radius 3 is 2.50 bits per heavy atom. The van der Waals surface area contributed by atoms with Gasteiger partial charge in [0.15, 0.2) is 5.96 Å². The first-order chi connectivity index (χ1) is 7.57. The zero-order valence-corrected chi connectivity index (χ0v) is 10.6. The molecular weight excluding hydrogens is 198 g/mol. The van der Waals surface area contributed by atoms with Gasteiger partial charge < -0.3 is 11.1 Å². The summed E-state index contributed by atoms with van der Waals surface area (Å²) in [5.41, 5.74) is 6.25. The summed E-state index contributed by atoms with van der Waals surface area (Å²) < 4.78 is 0. The fraction of sp³-hybridized carbons (Fsp3) is 0.923. The van der Waals surface area contributed by atoms with E-state index >= 15 is 0 Å². The molecule has 92 valence electrons. The molecule has 0 unspecified atom stereocenters. The van der Waals surface area contributed by atoms with Crippen molar-refractivity contribution in [2.75, 3.05) is 6.54 Å². The summed E-state index contributed by atoms with van der Waals surface area (Å²) in [6.07, 6.45) is 7.81. The number of nitrogens with one attached hydrogen (secondary N) is 1. The molecule has 0 aliphatic heterocycles. The smallest absolute Gasteiger partial charge is 0.188 e. The van der Waals surface area contributed by atoms with Crippen LogP contribution in [0.25, 0.3) is 0 Å². The zero-order chi connectivity index (χ0) is 11.6. The molecule has 0 atom stereocenters. The molecule has 2 aliphatic rings. The normalized spacial score (nSPS) is 36.1. The molecule has 0 bridgehead atoms. The van der Waals surface area contributed by atoms with E-state index in [0.29, 0.717) is 17.4 Å². The van der Waals surface area contributed by atoms with E-state index in [1.165, 1.54) is 38.5 Å². The van der Waals surface area contributed by atoms with Crippen LogP contribution in [0, 0.1) is 11.3 Å². The largest absolute Gasteiger partial charge is 0.370 e. The predicted molar refractivity (Wildman–Crippen MR) is 68.4 cm³/mol. The molecule has 0 radical (unpaired) electrons. The Bertz CT molecular complexity index is 260. The van der Waals surface area contributed by atoms with Crippen LogP contribution in [0.1, 0.15) is 52.4 Å². The van der Waals surface area contributed by atoms with Crippen molar-refractivity contribution in [1.82, 2.24) is 5.32 Å². The van der Waals surface area contributed by atoms with Crippen molar-refractivity contribution in [3.05, 3.63) is 0 Å². The number of guanidine groups is 1. The molecule has 0 amide bonds. The van der Waals surface area contributed by atoms with Gasteiger partial charge in [-0.25, -0.2) is 0 Å². The summed E-state index contributed by atoms with van der Waals surface area (Å²) >= 11 is 0. The maximum absolute atomic E-state index is 5.86. The van der Waals surface area contributed by atoms with Crippen LogP contribution in [0.3, 0.4) is 0 Å². The molecule has 3 nitrogen and oxygen atoms in total. The lowest BCUT2D eigenvalue weighted by Gasteiger charge is -2.35. The third kappa shape index (κ3) is 3.39. The lowest BCUT2D eigenvalue weighted by atomic mass is 9.72. The minimum absolute atomic E-state index is 0.391. The summed E-state index contributed by atoms with van der Waals surface area (Å²) in [5, 5.41) is 3.25. The number of hydrogen-bond acceptors (Lipinski definition) is 1. The minimum atomic E-state index is 0.391. The summed E-state index contributed by atoms with van der Waals surface area (Å²) in [6.45, 7) is 5.60. The number of aliphatic imine (C=N–C) groups is 1. The van der Waals surface area contributed by atoms with Gasteiger partial charge in [0.2, 0.25) is 0 Å². The van der Waals surface area contributed by atoms with Crippen LogP contribution in [0.5, 0.6) is 0 Å². The van der Waals surface area contributed by atoms with Gasteiger partial charge in [-0.05, 0) is 37.0 Å². The van der Waals surface area contributed by atoms with Crippen molar-refractivity contribution in [3.63, 3.8) is 0 Å². The van der Waals surface area contributed by atoms with Crippen molar-refractivity contribution < 1.29 is 0 Å². The monoisotopic (exact) mass is 223 g/mol. The highest BCUT2D eigenvalue weighted by Gasteiger charge is 2.29. The highest BCUT2D eigenvalue weighted by molar-refractivity contribution is 5.78. The van der Waals surface area contributed by atoms with Crippen LogP contribution in [-0.2, 0) is 0 Å².